The molecule has 0 aromatic heterocycles. The fraction of sp³-hybridized carbons (Fsp3) is 1.00. The SMILES string of the molecule is CC(C)(O)C(C)(O)CCl.[B]. The maximum Gasteiger partial charge on any atom is 0.103 e. The molecule has 0 spiro atoms. The molecule has 1 atom stereocenters. The van der Waals surface area contributed by atoms with Gasteiger partial charge in [0.15, 0.2) is 0 Å². The first-order chi connectivity index (χ1) is 3.81. The van der Waals surface area contributed by atoms with Crippen molar-refractivity contribution in [2.75, 3.05) is 5.88 Å². The summed E-state index contributed by atoms with van der Waals surface area (Å²) in [5.41, 5.74) is -2.33. The minimum Gasteiger partial charge on any atom is -0.387 e. The van der Waals surface area contributed by atoms with E-state index < -0.39 is 11.2 Å². The molecule has 0 aromatic carbocycles. The minimum atomic E-state index is -1.20. The number of hydrogen-bond donors (Lipinski definition) is 2. The highest BCUT2D eigenvalue weighted by molar-refractivity contribution is 6.18. The van der Waals surface area contributed by atoms with Crippen molar-refractivity contribution in [1.29, 1.82) is 0 Å². The molecule has 10 heavy (non-hydrogen) atoms. The summed E-state index contributed by atoms with van der Waals surface area (Å²) in [5, 5.41) is 18.5. The molecule has 0 bridgehead atoms. The highest BCUT2D eigenvalue weighted by Crippen LogP contribution is 2.21. The van der Waals surface area contributed by atoms with Crippen LogP contribution in [0, 0.1) is 0 Å². The number of halogens is 1. The predicted octanol–water partition coefficient (Wildman–Crippen LogP) is 0.366. The Kier molecular flexibility index (Phi) is 4.65. The van der Waals surface area contributed by atoms with Gasteiger partial charge in [0.05, 0.1) is 11.5 Å². The van der Waals surface area contributed by atoms with Crippen molar-refractivity contribution in [2.45, 2.75) is 32.0 Å². The van der Waals surface area contributed by atoms with Crippen molar-refractivity contribution in [2.24, 2.45) is 0 Å². The molecule has 4 heteroatoms. The summed E-state index contributed by atoms with van der Waals surface area (Å²) < 4.78 is 0. The van der Waals surface area contributed by atoms with E-state index in [1.54, 1.807) is 0 Å². The smallest absolute Gasteiger partial charge is 0.103 e. The van der Waals surface area contributed by atoms with E-state index in [0.717, 1.165) is 0 Å². The van der Waals surface area contributed by atoms with Gasteiger partial charge < -0.3 is 10.2 Å². The van der Waals surface area contributed by atoms with E-state index in [1.807, 2.05) is 0 Å². The first kappa shape index (κ1) is 12.9. The first-order valence-corrected chi connectivity index (χ1v) is 3.35. The van der Waals surface area contributed by atoms with Crippen LogP contribution in [0.2, 0.25) is 0 Å². The molecule has 0 saturated carbocycles. The predicted molar refractivity (Wildman–Crippen MR) is 43.4 cm³/mol. The Morgan fingerprint density at radius 1 is 1.20 bits per heavy atom. The monoisotopic (exact) mass is 163 g/mol. The van der Waals surface area contributed by atoms with E-state index in [2.05, 4.69) is 0 Å². The summed E-state index contributed by atoms with van der Waals surface area (Å²) in [4.78, 5) is 0. The molecule has 3 radical (unpaired) electrons. The van der Waals surface area contributed by atoms with Gasteiger partial charge in [0, 0.05) is 8.41 Å². The Hall–Kier alpha value is 0.275. The van der Waals surface area contributed by atoms with E-state index in [1.165, 1.54) is 20.8 Å². The molecule has 2 nitrogen and oxygen atoms in total. The molecule has 59 valence electrons. The maximum absolute atomic E-state index is 9.28. The van der Waals surface area contributed by atoms with Crippen molar-refractivity contribution in [3.05, 3.63) is 0 Å². The average molecular weight is 163 g/mol. The maximum atomic E-state index is 9.28. The van der Waals surface area contributed by atoms with Gasteiger partial charge in [-0.25, -0.2) is 0 Å². The van der Waals surface area contributed by atoms with E-state index in [0.29, 0.717) is 0 Å². The van der Waals surface area contributed by atoms with E-state index in [4.69, 9.17) is 11.6 Å². The summed E-state index contributed by atoms with van der Waals surface area (Å²) in [7, 11) is 0. The van der Waals surface area contributed by atoms with Crippen LogP contribution in [-0.2, 0) is 0 Å². The molecular weight excluding hydrogens is 150 g/mol. The van der Waals surface area contributed by atoms with Gasteiger partial charge in [0.25, 0.3) is 0 Å². The summed E-state index contributed by atoms with van der Waals surface area (Å²) in [6, 6.07) is 0. The van der Waals surface area contributed by atoms with E-state index >= 15 is 0 Å². The van der Waals surface area contributed by atoms with Gasteiger partial charge in [-0.15, -0.1) is 11.6 Å². The molecule has 0 fully saturated rings. The zero-order valence-corrected chi connectivity index (χ0v) is 7.31. The molecule has 0 aromatic rings. The third kappa shape index (κ3) is 2.91. The fourth-order valence-electron chi connectivity index (χ4n) is 0.164. The van der Waals surface area contributed by atoms with Crippen LogP contribution in [0.5, 0.6) is 0 Å². The van der Waals surface area contributed by atoms with Crippen LogP contribution in [0.25, 0.3) is 0 Å². The van der Waals surface area contributed by atoms with Crippen molar-refractivity contribution >= 4 is 20.0 Å². The normalized spacial score (nSPS) is 17.4. The Morgan fingerprint density at radius 3 is 1.50 bits per heavy atom. The first-order valence-electron chi connectivity index (χ1n) is 2.82. The van der Waals surface area contributed by atoms with E-state index in [-0.39, 0.29) is 14.3 Å². The molecule has 2 N–H and O–H groups in total. The third-order valence-electron chi connectivity index (χ3n) is 1.58. The highest BCUT2D eigenvalue weighted by Gasteiger charge is 2.36. The van der Waals surface area contributed by atoms with Gasteiger partial charge in [-0.05, 0) is 20.8 Å². The van der Waals surface area contributed by atoms with Crippen LogP contribution in [0.4, 0.5) is 0 Å². The van der Waals surface area contributed by atoms with Crippen molar-refractivity contribution < 1.29 is 10.2 Å². The summed E-state index contributed by atoms with van der Waals surface area (Å²) >= 11 is 5.37. The van der Waals surface area contributed by atoms with Crippen molar-refractivity contribution in [3.63, 3.8) is 0 Å². The lowest BCUT2D eigenvalue weighted by molar-refractivity contribution is -0.105. The van der Waals surface area contributed by atoms with Gasteiger partial charge in [-0.3, -0.25) is 0 Å². The Labute approximate surface area is 68.8 Å². The zero-order valence-electron chi connectivity index (χ0n) is 6.56. The number of aliphatic hydroxyl groups is 2. The molecule has 0 saturated heterocycles. The average Bonchev–Trinajstić information content (AvgIpc) is 1.64. The second-order valence-corrected chi connectivity index (χ2v) is 3.23. The molecule has 0 aliphatic rings. The fourth-order valence-corrected chi connectivity index (χ4v) is 0.491. The van der Waals surface area contributed by atoms with Crippen LogP contribution in [-0.4, -0.2) is 35.7 Å². The van der Waals surface area contributed by atoms with E-state index in [9.17, 15) is 10.2 Å². The van der Waals surface area contributed by atoms with Gasteiger partial charge in [-0.1, -0.05) is 0 Å². The quantitative estimate of drug-likeness (QED) is 0.456. The highest BCUT2D eigenvalue weighted by atomic mass is 35.5. The van der Waals surface area contributed by atoms with Crippen LogP contribution >= 0.6 is 11.6 Å². The largest absolute Gasteiger partial charge is 0.387 e. The minimum absolute atomic E-state index is 0. The second-order valence-electron chi connectivity index (χ2n) is 2.97. The van der Waals surface area contributed by atoms with Crippen LogP contribution in [0.3, 0.4) is 0 Å². The van der Waals surface area contributed by atoms with Crippen LogP contribution in [0.1, 0.15) is 20.8 Å². The molecule has 0 aliphatic heterocycles. The lowest BCUT2D eigenvalue weighted by Gasteiger charge is -2.33. The van der Waals surface area contributed by atoms with Gasteiger partial charge in [-0.2, -0.15) is 0 Å². The van der Waals surface area contributed by atoms with Gasteiger partial charge in [0.2, 0.25) is 0 Å². The summed E-state index contributed by atoms with van der Waals surface area (Å²) in [6.07, 6.45) is 0. The lowest BCUT2D eigenvalue weighted by atomic mass is 9.90. The van der Waals surface area contributed by atoms with Gasteiger partial charge >= 0.3 is 0 Å². The Morgan fingerprint density at radius 2 is 1.50 bits per heavy atom. The van der Waals surface area contributed by atoms with Crippen molar-refractivity contribution in [3.8, 4) is 0 Å². The Balaban J connectivity index is 0. The summed E-state index contributed by atoms with van der Waals surface area (Å²) in [6.45, 7) is 4.55. The molecule has 0 aliphatic carbocycles. The van der Waals surface area contributed by atoms with Crippen LogP contribution in [0.15, 0.2) is 0 Å². The summed E-state index contributed by atoms with van der Waals surface area (Å²) in [5.74, 6) is 0.0382. The van der Waals surface area contributed by atoms with Crippen molar-refractivity contribution in [1.82, 2.24) is 0 Å². The molecule has 1 unspecified atom stereocenters. The molecule has 0 amide bonds. The number of hydrogen-bond acceptors (Lipinski definition) is 2. The molecule has 0 rings (SSSR count). The Bertz CT molecular complexity index is 98.4. The third-order valence-corrected chi connectivity index (χ3v) is 2.10. The standard InChI is InChI=1S/C6H13ClO2.B/c1-5(2,8)6(3,9)4-7;/h8-9H,4H2,1-3H3;. The second kappa shape index (κ2) is 3.60. The zero-order chi connectivity index (χ0) is 7.71. The topological polar surface area (TPSA) is 40.5 Å². The van der Waals surface area contributed by atoms with Gasteiger partial charge in [0.1, 0.15) is 5.60 Å². The number of rotatable bonds is 2. The lowest BCUT2D eigenvalue weighted by Crippen LogP contribution is -2.49. The van der Waals surface area contributed by atoms with Crippen LogP contribution < -0.4 is 0 Å². The molecular formula is C6H13BClO2. The molecule has 0 heterocycles. The number of alkyl halides is 1.